The van der Waals surface area contributed by atoms with Crippen LogP contribution >= 0.6 is 27.3 Å². The zero-order chi connectivity index (χ0) is 16.9. The Bertz CT molecular complexity index is 837. The third-order valence-corrected chi connectivity index (χ3v) is 4.74. The summed E-state index contributed by atoms with van der Waals surface area (Å²) in [6.07, 6.45) is 0.476. The molecule has 3 N–H and O–H groups in total. The molecule has 0 aliphatic rings. The number of hydrogen-bond acceptors (Lipinski definition) is 5. The Morgan fingerprint density at radius 3 is 2.71 bits per heavy atom. The van der Waals surface area contributed by atoms with Crippen molar-refractivity contribution in [1.82, 2.24) is 10.2 Å². The van der Waals surface area contributed by atoms with E-state index in [0.717, 1.165) is 20.6 Å². The van der Waals surface area contributed by atoms with Crippen molar-refractivity contribution >= 4 is 38.3 Å². The smallest absolute Gasteiger partial charge is 0.243 e. The fourth-order valence-electron chi connectivity index (χ4n) is 2.17. The summed E-state index contributed by atoms with van der Waals surface area (Å²) in [7, 11) is 0. The molecule has 1 amide bonds. The number of hydrogen-bond donors (Lipinski definition) is 2. The van der Waals surface area contributed by atoms with E-state index >= 15 is 0 Å². The molecule has 5 nitrogen and oxygen atoms in total. The lowest BCUT2D eigenvalue weighted by atomic mass is 10.1. The number of rotatable bonds is 5. The molecular formula is C17H15BrN4OS. The number of nitrogens with one attached hydrogen (secondary N) is 1. The molecule has 3 aromatic rings. The summed E-state index contributed by atoms with van der Waals surface area (Å²) in [6.45, 7) is 0. The number of nitrogens with two attached hydrogens (primary N) is 1. The van der Waals surface area contributed by atoms with E-state index in [-0.39, 0.29) is 5.91 Å². The standard InChI is InChI=1S/C17H15BrN4OS/c18-13-8-4-7-12(10-13)16-21-22-17(24-16)20-15(23)14(19)9-11-5-2-1-3-6-11/h1-8,10,14H,9,19H2,(H,20,22,23)/t14-/m1/s1. The molecule has 3 rings (SSSR count). The third kappa shape index (κ3) is 4.25. The molecule has 122 valence electrons. The Hall–Kier alpha value is -2.09. The van der Waals surface area contributed by atoms with Gasteiger partial charge in [-0.2, -0.15) is 0 Å². The van der Waals surface area contributed by atoms with Gasteiger partial charge in [-0.25, -0.2) is 0 Å². The normalized spacial score (nSPS) is 11.9. The average Bonchev–Trinajstić information content (AvgIpc) is 3.04. The maximum absolute atomic E-state index is 12.2. The van der Waals surface area contributed by atoms with E-state index in [1.165, 1.54) is 11.3 Å². The van der Waals surface area contributed by atoms with Crippen LogP contribution in [0.25, 0.3) is 10.6 Å². The van der Waals surface area contributed by atoms with Crippen LogP contribution in [0.15, 0.2) is 59.1 Å². The van der Waals surface area contributed by atoms with E-state index in [1.807, 2.05) is 54.6 Å². The molecule has 0 aliphatic heterocycles. The van der Waals surface area contributed by atoms with Crippen LogP contribution < -0.4 is 11.1 Å². The second-order valence-corrected chi connectivity index (χ2v) is 7.10. The molecule has 2 aromatic carbocycles. The maximum atomic E-state index is 12.2. The highest BCUT2D eigenvalue weighted by Crippen LogP contribution is 2.28. The van der Waals surface area contributed by atoms with Gasteiger partial charge in [0.2, 0.25) is 11.0 Å². The summed E-state index contributed by atoms with van der Waals surface area (Å²) in [5.74, 6) is -0.268. The Morgan fingerprint density at radius 1 is 1.17 bits per heavy atom. The molecule has 0 spiro atoms. The van der Waals surface area contributed by atoms with Crippen molar-refractivity contribution in [3.63, 3.8) is 0 Å². The molecule has 7 heteroatoms. The van der Waals surface area contributed by atoms with Crippen LogP contribution in [-0.4, -0.2) is 22.1 Å². The van der Waals surface area contributed by atoms with E-state index in [0.29, 0.717) is 11.6 Å². The van der Waals surface area contributed by atoms with Crippen molar-refractivity contribution in [2.75, 3.05) is 5.32 Å². The molecule has 1 atom stereocenters. The Morgan fingerprint density at radius 2 is 1.96 bits per heavy atom. The molecule has 0 radical (unpaired) electrons. The fraction of sp³-hybridized carbons (Fsp3) is 0.118. The minimum Gasteiger partial charge on any atom is -0.320 e. The van der Waals surface area contributed by atoms with Gasteiger partial charge in [-0.15, -0.1) is 10.2 Å². The van der Waals surface area contributed by atoms with Crippen molar-refractivity contribution in [3.8, 4) is 10.6 Å². The molecule has 1 aromatic heterocycles. The van der Waals surface area contributed by atoms with Crippen LogP contribution in [0.5, 0.6) is 0 Å². The van der Waals surface area contributed by atoms with E-state index in [9.17, 15) is 4.79 Å². The first kappa shape index (κ1) is 16.8. The van der Waals surface area contributed by atoms with Gasteiger partial charge in [-0.3, -0.25) is 10.1 Å². The van der Waals surface area contributed by atoms with Crippen molar-refractivity contribution in [2.24, 2.45) is 5.73 Å². The van der Waals surface area contributed by atoms with Gasteiger partial charge in [-0.1, -0.05) is 69.7 Å². The number of anilines is 1. The molecular weight excluding hydrogens is 388 g/mol. The van der Waals surface area contributed by atoms with E-state index < -0.39 is 6.04 Å². The number of amides is 1. The van der Waals surface area contributed by atoms with E-state index in [2.05, 4.69) is 31.4 Å². The Kier molecular flexibility index (Phi) is 5.34. The van der Waals surface area contributed by atoms with E-state index in [4.69, 9.17) is 5.73 Å². The van der Waals surface area contributed by atoms with Gasteiger partial charge in [0.1, 0.15) is 5.01 Å². The molecule has 0 bridgehead atoms. The zero-order valence-corrected chi connectivity index (χ0v) is 15.0. The molecule has 0 saturated heterocycles. The Balaban J connectivity index is 1.65. The number of carbonyl (C=O) groups is 1. The number of halogens is 1. The molecule has 24 heavy (non-hydrogen) atoms. The highest BCUT2D eigenvalue weighted by molar-refractivity contribution is 9.10. The van der Waals surface area contributed by atoms with Gasteiger partial charge >= 0.3 is 0 Å². The number of carbonyl (C=O) groups excluding carboxylic acids is 1. The molecule has 0 unspecified atom stereocenters. The largest absolute Gasteiger partial charge is 0.320 e. The predicted molar refractivity (Wildman–Crippen MR) is 99.8 cm³/mol. The third-order valence-electron chi connectivity index (χ3n) is 3.36. The van der Waals surface area contributed by atoms with Gasteiger partial charge < -0.3 is 5.73 Å². The molecule has 0 fully saturated rings. The fourth-order valence-corrected chi connectivity index (χ4v) is 3.31. The highest BCUT2D eigenvalue weighted by atomic mass is 79.9. The summed E-state index contributed by atoms with van der Waals surface area (Å²) in [4.78, 5) is 12.2. The number of nitrogens with zero attached hydrogens (tertiary/aromatic N) is 2. The van der Waals surface area contributed by atoms with Gasteiger partial charge in [-0.05, 0) is 24.1 Å². The molecule has 0 saturated carbocycles. The average molecular weight is 403 g/mol. The lowest BCUT2D eigenvalue weighted by molar-refractivity contribution is -0.117. The van der Waals surface area contributed by atoms with Crippen molar-refractivity contribution in [3.05, 3.63) is 64.6 Å². The van der Waals surface area contributed by atoms with Crippen LogP contribution in [0.4, 0.5) is 5.13 Å². The van der Waals surface area contributed by atoms with Gasteiger partial charge in [0.05, 0.1) is 6.04 Å². The van der Waals surface area contributed by atoms with E-state index in [1.54, 1.807) is 0 Å². The topological polar surface area (TPSA) is 80.9 Å². The minimum atomic E-state index is -0.634. The zero-order valence-electron chi connectivity index (χ0n) is 12.6. The van der Waals surface area contributed by atoms with Crippen LogP contribution in [0.1, 0.15) is 5.56 Å². The summed E-state index contributed by atoms with van der Waals surface area (Å²) in [6, 6.07) is 16.8. The van der Waals surface area contributed by atoms with Crippen LogP contribution in [0, 0.1) is 0 Å². The van der Waals surface area contributed by atoms with Gasteiger partial charge in [0.15, 0.2) is 0 Å². The van der Waals surface area contributed by atoms with Crippen molar-refractivity contribution in [1.29, 1.82) is 0 Å². The summed E-state index contributed by atoms with van der Waals surface area (Å²) >= 11 is 4.74. The summed E-state index contributed by atoms with van der Waals surface area (Å²) in [5, 5.41) is 12.1. The first-order valence-corrected chi connectivity index (χ1v) is 8.92. The quantitative estimate of drug-likeness (QED) is 0.684. The first-order chi connectivity index (χ1) is 11.6. The lowest BCUT2D eigenvalue weighted by Gasteiger charge is -2.10. The highest BCUT2D eigenvalue weighted by Gasteiger charge is 2.16. The van der Waals surface area contributed by atoms with Crippen LogP contribution in [0.3, 0.4) is 0 Å². The summed E-state index contributed by atoms with van der Waals surface area (Å²) in [5.41, 5.74) is 7.93. The van der Waals surface area contributed by atoms with Crippen LogP contribution in [-0.2, 0) is 11.2 Å². The molecule has 0 aliphatic carbocycles. The second kappa shape index (κ2) is 7.65. The van der Waals surface area contributed by atoms with Gasteiger partial charge in [0, 0.05) is 10.0 Å². The lowest BCUT2D eigenvalue weighted by Crippen LogP contribution is -2.37. The van der Waals surface area contributed by atoms with Crippen molar-refractivity contribution < 1.29 is 4.79 Å². The monoisotopic (exact) mass is 402 g/mol. The number of benzene rings is 2. The predicted octanol–water partition coefficient (Wildman–Crippen LogP) is 3.48. The Labute approximate surface area is 152 Å². The summed E-state index contributed by atoms with van der Waals surface area (Å²) < 4.78 is 0.964. The van der Waals surface area contributed by atoms with Gasteiger partial charge in [0.25, 0.3) is 0 Å². The minimum absolute atomic E-state index is 0.268. The number of aromatic nitrogens is 2. The second-order valence-electron chi connectivity index (χ2n) is 5.21. The van der Waals surface area contributed by atoms with Crippen LogP contribution in [0.2, 0.25) is 0 Å². The van der Waals surface area contributed by atoms with Crippen molar-refractivity contribution in [2.45, 2.75) is 12.5 Å². The first-order valence-electron chi connectivity index (χ1n) is 7.31. The molecule has 1 heterocycles. The SMILES string of the molecule is N[C@H](Cc1ccccc1)C(=O)Nc1nnc(-c2cccc(Br)c2)s1. The maximum Gasteiger partial charge on any atom is 0.243 e.